The van der Waals surface area contributed by atoms with Gasteiger partial charge in [0.25, 0.3) is 8.53 Å². The van der Waals surface area contributed by atoms with Gasteiger partial charge in [-0.3, -0.25) is 0 Å². The maximum atomic E-state index is 13.7. The highest BCUT2D eigenvalue weighted by molar-refractivity contribution is 7.44. The molecule has 0 amide bonds. The fraction of sp³-hybridized carbons (Fsp3) is 0.405. The summed E-state index contributed by atoms with van der Waals surface area (Å²) < 4.78 is 60.4. The van der Waals surface area contributed by atoms with Gasteiger partial charge in [-0.25, -0.2) is 9.06 Å². The average molecular weight is 745 g/mol. The van der Waals surface area contributed by atoms with Crippen molar-refractivity contribution in [1.29, 1.82) is 5.26 Å². The topological polar surface area (TPSA) is 91.6 Å². The highest BCUT2D eigenvalue weighted by atomic mass is 31.2. The Labute approximate surface area is 314 Å². The molecule has 0 saturated carbocycles. The van der Waals surface area contributed by atoms with Crippen LogP contribution in [0.4, 0.5) is 4.39 Å². The Hall–Kier alpha value is -3.91. The van der Waals surface area contributed by atoms with Crippen molar-refractivity contribution in [1.82, 2.24) is 4.67 Å². The zero-order valence-corrected chi connectivity index (χ0v) is 32.2. The number of halogens is 1. The first-order valence-corrected chi connectivity index (χ1v) is 19.0. The van der Waals surface area contributed by atoms with E-state index >= 15 is 0 Å². The Bertz CT molecular complexity index is 1660. The minimum Gasteiger partial charge on any atom is -0.497 e. The lowest BCUT2D eigenvalue weighted by Gasteiger charge is -2.39. The number of rotatable bonds is 19. The molecule has 0 aromatic heterocycles. The van der Waals surface area contributed by atoms with E-state index in [1.807, 2.05) is 66.7 Å². The molecule has 4 atom stereocenters. The van der Waals surface area contributed by atoms with Crippen LogP contribution in [0.3, 0.4) is 0 Å². The van der Waals surface area contributed by atoms with Crippen LogP contribution in [0.15, 0.2) is 103 Å². The highest BCUT2D eigenvalue weighted by Gasteiger charge is 2.46. The summed E-state index contributed by atoms with van der Waals surface area (Å²) in [6.45, 7) is 9.21. The summed E-state index contributed by atoms with van der Waals surface area (Å²) in [4.78, 5) is 0. The fourth-order valence-electron chi connectivity index (χ4n) is 6.53. The summed E-state index contributed by atoms with van der Waals surface area (Å²) in [6.07, 6.45) is -1.44. The van der Waals surface area contributed by atoms with E-state index in [0.29, 0.717) is 0 Å². The number of hydrogen-bond acceptors (Lipinski definition) is 9. The number of ether oxygens (including phenoxy) is 5. The number of benzene rings is 4. The Balaban J connectivity index is 1.54. The normalized spacial score (nSPS) is 18.0. The van der Waals surface area contributed by atoms with Gasteiger partial charge in [-0.2, -0.15) is 5.26 Å². The SMILES string of the molecule is COc1ccc(C(OC[C@H]2OC[C@H](OCc3ccc(F)cc3)[C@@H]2OP(OCCC#N)N(C(C)C)C(C)C)(c2ccccc2)c2ccc(OC)cc2)cc1. The first-order chi connectivity index (χ1) is 25.7. The number of hydrogen-bond donors (Lipinski definition) is 0. The molecule has 0 spiro atoms. The standard InChI is InChI=1S/C42H50FN2O7P/c1-30(2)45(31(3)4)53(51-26-10-25-44)52-41-39(48-27-32-13-19-36(43)20-14-32)28-49-40(41)29-50-42(33-11-8-7-9-12-33,34-15-21-37(46-5)22-16-34)35-17-23-38(47-6)24-18-35/h7-9,11-24,30-31,39-41H,10,26-29H2,1-6H3/t39-,40+,41-,53?/m0/s1. The van der Waals surface area contributed by atoms with Crippen molar-refractivity contribution in [3.63, 3.8) is 0 Å². The van der Waals surface area contributed by atoms with Gasteiger partial charge in [-0.1, -0.05) is 66.7 Å². The first kappa shape index (κ1) is 40.3. The molecule has 1 unspecified atom stereocenters. The van der Waals surface area contributed by atoms with E-state index < -0.39 is 32.4 Å². The fourth-order valence-corrected chi connectivity index (χ4v) is 8.32. The van der Waals surface area contributed by atoms with E-state index in [2.05, 4.69) is 50.6 Å². The molecule has 1 heterocycles. The molecule has 1 aliphatic heterocycles. The molecule has 4 aromatic rings. The summed E-state index contributed by atoms with van der Waals surface area (Å²) in [5.74, 6) is 1.14. The predicted octanol–water partition coefficient (Wildman–Crippen LogP) is 8.80. The van der Waals surface area contributed by atoms with Crippen molar-refractivity contribution in [2.45, 2.75) is 76.7 Å². The second-order valence-corrected chi connectivity index (χ2v) is 14.7. The first-order valence-electron chi connectivity index (χ1n) is 17.9. The van der Waals surface area contributed by atoms with Crippen LogP contribution in [0.5, 0.6) is 11.5 Å². The smallest absolute Gasteiger partial charge is 0.259 e. The average Bonchev–Trinajstić information content (AvgIpc) is 3.56. The molecule has 0 bridgehead atoms. The van der Waals surface area contributed by atoms with Gasteiger partial charge >= 0.3 is 0 Å². The molecule has 1 aliphatic rings. The maximum absolute atomic E-state index is 13.7. The van der Waals surface area contributed by atoms with Crippen LogP contribution in [-0.4, -0.2) is 69.1 Å². The Morgan fingerprint density at radius 3 is 1.92 bits per heavy atom. The summed E-state index contributed by atoms with van der Waals surface area (Å²) >= 11 is 0. The zero-order chi connectivity index (χ0) is 37.8. The molecule has 282 valence electrons. The van der Waals surface area contributed by atoms with Gasteiger partial charge in [-0.15, -0.1) is 0 Å². The minimum absolute atomic E-state index is 0.0923. The predicted molar refractivity (Wildman–Crippen MR) is 203 cm³/mol. The molecular formula is C42H50FN2O7P. The minimum atomic E-state index is -1.64. The number of nitrogens with zero attached hydrogens (tertiary/aromatic N) is 2. The number of nitriles is 1. The van der Waals surface area contributed by atoms with E-state index in [0.717, 1.165) is 33.8 Å². The van der Waals surface area contributed by atoms with Gasteiger partial charge in [0.2, 0.25) is 0 Å². The Kier molecular flexibility index (Phi) is 14.8. The largest absolute Gasteiger partial charge is 0.497 e. The Morgan fingerprint density at radius 2 is 1.40 bits per heavy atom. The lowest BCUT2D eigenvalue weighted by atomic mass is 9.80. The van der Waals surface area contributed by atoms with Crippen LogP contribution in [0.2, 0.25) is 0 Å². The van der Waals surface area contributed by atoms with Gasteiger partial charge in [0.15, 0.2) is 0 Å². The van der Waals surface area contributed by atoms with Crippen molar-refractivity contribution >= 4 is 8.53 Å². The molecule has 0 N–H and O–H groups in total. The quantitative estimate of drug-likeness (QED) is 0.0531. The van der Waals surface area contributed by atoms with E-state index in [-0.39, 0.29) is 50.7 Å². The molecule has 5 rings (SSSR count). The van der Waals surface area contributed by atoms with Gasteiger partial charge in [0.05, 0.1) is 53.1 Å². The van der Waals surface area contributed by atoms with E-state index in [4.69, 9.17) is 32.7 Å². The lowest BCUT2D eigenvalue weighted by molar-refractivity contribution is -0.0726. The van der Waals surface area contributed by atoms with Gasteiger partial charge in [-0.05, 0) is 86.3 Å². The van der Waals surface area contributed by atoms with E-state index in [9.17, 15) is 9.65 Å². The monoisotopic (exact) mass is 744 g/mol. The lowest BCUT2D eigenvalue weighted by Crippen LogP contribution is -2.42. The van der Waals surface area contributed by atoms with Crippen molar-refractivity contribution in [2.75, 3.05) is 34.0 Å². The van der Waals surface area contributed by atoms with Crippen molar-refractivity contribution < 1.29 is 37.1 Å². The molecule has 4 aromatic carbocycles. The van der Waals surface area contributed by atoms with Crippen LogP contribution in [0, 0.1) is 17.1 Å². The van der Waals surface area contributed by atoms with Gasteiger partial charge in [0, 0.05) is 12.1 Å². The second-order valence-electron chi connectivity index (χ2n) is 13.3. The van der Waals surface area contributed by atoms with Gasteiger partial charge in [0.1, 0.15) is 41.2 Å². The number of methoxy groups -OCH3 is 2. The molecule has 1 saturated heterocycles. The molecular weight excluding hydrogens is 694 g/mol. The van der Waals surface area contributed by atoms with Crippen LogP contribution in [0.25, 0.3) is 0 Å². The third-order valence-corrected chi connectivity index (χ3v) is 11.2. The van der Waals surface area contributed by atoms with Crippen LogP contribution in [0.1, 0.15) is 56.4 Å². The molecule has 53 heavy (non-hydrogen) atoms. The third kappa shape index (κ3) is 10.00. The van der Waals surface area contributed by atoms with Crippen molar-refractivity contribution in [3.8, 4) is 17.6 Å². The summed E-state index contributed by atoms with van der Waals surface area (Å²) in [6, 6.07) is 34.4. The van der Waals surface area contributed by atoms with Gasteiger partial charge < -0.3 is 32.7 Å². The van der Waals surface area contributed by atoms with Crippen molar-refractivity contribution in [3.05, 3.63) is 131 Å². The van der Waals surface area contributed by atoms with Crippen LogP contribution in [-0.2, 0) is 35.5 Å². The summed E-state index contributed by atoms with van der Waals surface area (Å²) in [5, 5.41) is 9.32. The Morgan fingerprint density at radius 1 is 0.830 bits per heavy atom. The molecule has 9 nitrogen and oxygen atoms in total. The van der Waals surface area contributed by atoms with Crippen molar-refractivity contribution in [2.24, 2.45) is 0 Å². The van der Waals surface area contributed by atoms with Crippen LogP contribution >= 0.6 is 8.53 Å². The highest BCUT2D eigenvalue weighted by Crippen LogP contribution is 2.50. The maximum Gasteiger partial charge on any atom is 0.259 e. The van der Waals surface area contributed by atoms with E-state index in [1.165, 1.54) is 12.1 Å². The molecule has 11 heteroatoms. The molecule has 0 radical (unpaired) electrons. The van der Waals surface area contributed by atoms with E-state index in [1.54, 1.807) is 26.4 Å². The molecule has 0 aliphatic carbocycles. The summed E-state index contributed by atoms with van der Waals surface area (Å²) in [5.41, 5.74) is 2.45. The van der Waals surface area contributed by atoms with Crippen LogP contribution < -0.4 is 9.47 Å². The molecule has 1 fully saturated rings. The zero-order valence-electron chi connectivity index (χ0n) is 31.3. The second kappa shape index (κ2) is 19.4. The summed E-state index contributed by atoms with van der Waals surface area (Å²) in [7, 11) is 1.65. The third-order valence-electron chi connectivity index (χ3n) is 9.10.